The van der Waals surface area contributed by atoms with Gasteiger partial charge in [0.1, 0.15) is 0 Å². The van der Waals surface area contributed by atoms with Crippen molar-refractivity contribution in [2.24, 2.45) is 0 Å². The van der Waals surface area contributed by atoms with Crippen LogP contribution in [0.15, 0.2) is 32.0 Å². The molecule has 20 heavy (non-hydrogen) atoms. The SMILES string of the molecule is O=S(=O)(NC1(CBr)CCOCC1)c1cc(Br)ccc1Br. The number of rotatable bonds is 4. The van der Waals surface area contributed by atoms with E-state index >= 15 is 0 Å². The van der Waals surface area contributed by atoms with Crippen molar-refractivity contribution < 1.29 is 13.2 Å². The second kappa shape index (κ2) is 6.75. The van der Waals surface area contributed by atoms with Crippen molar-refractivity contribution in [2.75, 3.05) is 18.5 Å². The first kappa shape index (κ1) is 16.9. The minimum Gasteiger partial charge on any atom is -0.381 e. The smallest absolute Gasteiger partial charge is 0.242 e. The zero-order chi connectivity index (χ0) is 14.8. The molecule has 1 N–H and O–H groups in total. The van der Waals surface area contributed by atoms with Crippen molar-refractivity contribution >= 4 is 57.8 Å². The van der Waals surface area contributed by atoms with E-state index in [0.717, 1.165) is 4.47 Å². The van der Waals surface area contributed by atoms with Gasteiger partial charge in [-0.25, -0.2) is 13.1 Å². The van der Waals surface area contributed by atoms with Crippen molar-refractivity contribution in [2.45, 2.75) is 23.3 Å². The lowest BCUT2D eigenvalue weighted by Gasteiger charge is -2.36. The average Bonchev–Trinajstić information content (AvgIpc) is 2.42. The van der Waals surface area contributed by atoms with Gasteiger partial charge in [-0.1, -0.05) is 31.9 Å². The summed E-state index contributed by atoms with van der Waals surface area (Å²) in [6.45, 7) is 1.13. The second-order valence-corrected chi connectivity index (χ2v) is 8.69. The van der Waals surface area contributed by atoms with Crippen molar-refractivity contribution in [3.8, 4) is 0 Å². The molecule has 0 aromatic heterocycles. The van der Waals surface area contributed by atoms with Crippen LogP contribution in [0.1, 0.15) is 12.8 Å². The molecule has 1 aromatic carbocycles. The quantitative estimate of drug-likeness (QED) is 0.656. The van der Waals surface area contributed by atoms with E-state index in [0.29, 0.717) is 35.9 Å². The molecule has 0 saturated carbocycles. The van der Waals surface area contributed by atoms with E-state index in [4.69, 9.17) is 4.74 Å². The molecule has 0 bridgehead atoms. The Labute approximate surface area is 144 Å². The van der Waals surface area contributed by atoms with Crippen LogP contribution in [0.4, 0.5) is 0 Å². The highest BCUT2D eigenvalue weighted by molar-refractivity contribution is 9.11. The summed E-state index contributed by atoms with van der Waals surface area (Å²) in [6, 6.07) is 5.09. The molecule has 1 heterocycles. The summed E-state index contributed by atoms with van der Waals surface area (Å²) in [4.78, 5) is 0.235. The first-order chi connectivity index (χ1) is 9.38. The van der Waals surface area contributed by atoms with E-state index < -0.39 is 15.6 Å². The normalized spacial score (nSPS) is 18.9. The molecule has 2 rings (SSSR count). The van der Waals surface area contributed by atoms with Gasteiger partial charge in [0.2, 0.25) is 10.0 Å². The Hall–Kier alpha value is 0.530. The predicted octanol–water partition coefficient (Wildman–Crippen LogP) is 3.43. The molecule has 112 valence electrons. The lowest BCUT2D eigenvalue weighted by Crippen LogP contribution is -2.53. The summed E-state index contributed by atoms with van der Waals surface area (Å²) >= 11 is 10.0. The molecular formula is C12H14Br3NO3S. The maximum atomic E-state index is 12.6. The fourth-order valence-electron chi connectivity index (χ4n) is 2.05. The lowest BCUT2D eigenvalue weighted by molar-refractivity contribution is 0.0557. The van der Waals surface area contributed by atoms with Gasteiger partial charge in [0.05, 0.1) is 4.90 Å². The minimum atomic E-state index is -3.60. The maximum Gasteiger partial charge on any atom is 0.242 e. The molecule has 0 spiro atoms. The Balaban J connectivity index is 2.32. The van der Waals surface area contributed by atoms with Crippen LogP contribution in [0.25, 0.3) is 0 Å². The van der Waals surface area contributed by atoms with E-state index in [1.807, 2.05) is 0 Å². The lowest BCUT2D eigenvalue weighted by atomic mass is 9.94. The van der Waals surface area contributed by atoms with Gasteiger partial charge >= 0.3 is 0 Å². The van der Waals surface area contributed by atoms with Crippen molar-refractivity contribution in [3.63, 3.8) is 0 Å². The fraction of sp³-hybridized carbons (Fsp3) is 0.500. The number of benzene rings is 1. The Kier molecular flexibility index (Phi) is 5.70. The maximum absolute atomic E-state index is 12.6. The number of hydrogen-bond donors (Lipinski definition) is 1. The molecule has 0 aliphatic carbocycles. The number of halogens is 3. The zero-order valence-electron chi connectivity index (χ0n) is 10.5. The predicted molar refractivity (Wildman–Crippen MR) is 88.7 cm³/mol. The molecule has 0 atom stereocenters. The molecular weight excluding hydrogens is 478 g/mol. The van der Waals surface area contributed by atoms with E-state index in [1.54, 1.807) is 18.2 Å². The third-order valence-electron chi connectivity index (χ3n) is 3.24. The van der Waals surface area contributed by atoms with Crippen LogP contribution in [-0.2, 0) is 14.8 Å². The Morgan fingerprint density at radius 2 is 1.90 bits per heavy atom. The van der Waals surface area contributed by atoms with Gasteiger partial charge in [-0.2, -0.15) is 0 Å². The van der Waals surface area contributed by atoms with Crippen molar-refractivity contribution in [1.29, 1.82) is 0 Å². The van der Waals surface area contributed by atoms with Crippen LogP contribution < -0.4 is 4.72 Å². The first-order valence-electron chi connectivity index (χ1n) is 6.01. The third-order valence-corrected chi connectivity index (χ3v) is 7.38. The van der Waals surface area contributed by atoms with Crippen LogP contribution in [0.2, 0.25) is 0 Å². The van der Waals surface area contributed by atoms with Gasteiger partial charge in [0.15, 0.2) is 0 Å². The highest BCUT2D eigenvalue weighted by atomic mass is 79.9. The van der Waals surface area contributed by atoms with Crippen LogP contribution >= 0.6 is 47.8 Å². The summed E-state index contributed by atoms with van der Waals surface area (Å²) in [5, 5.41) is 0.564. The van der Waals surface area contributed by atoms with Crippen LogP contribution in [-0.4, -0.2) is 32.5 Å². The number of sulfonamides is 1. The molecule has 1 aromatic rings. The third kappa shape index (κ3) is 3.84. The highest BCUT2D eigenvalue weighted by Gasteiger charge is 2.36. The topological polar surface area (TPSA) is 55.4 Å². The minimum absolute atomic E-state index is 0.235. The first-order valence-corrected chi connectivity index (χ1v) is 10.2. The van der Waals surface area contributed by atoms with Crippen LogP contribution in [0, 0.1) is 0 Å². The summed E-state index contributed by atoms with van der Waals surface area (Å²) in [5.41, 5.74) is -0.487. The molecule has 0 unspecified atom stereocenters. The second-order valence-electron chi connectivity index (χ2n) is 4.71. The van der Waals surface area contributed by atoms with Gasteiger partial charge in [-0.05, 0) is 47.0 Å². The van der Waals surface area contributed by atoms with E-state index in [2.05, 4.69) is 52.5 Å². The average molecular weight is 492 g/mol. The molecule has 0 amide bonds. The van der Waals surface area contributed by atoms with Crippen LogP contribution in [0.5, 0.6) is 0 Å². The molecule has 1 aliphatic rings. The van der Waals surface area contributed by atoms with E-state index in [9.17, 15) is 8.42 Å². The summed E-state index contributed by atoms with van der Waals surface area (Å²) in [6.07, 6.45) is 1.31. The summed E-state index contributed by atoms with van der Waals surface area (Å²) in [5.74, 6) is 0. The summed E-state index contributed by atoms with van der Waals surface area (Å²) < 4.78 is 34.7. The van der Waals surface area contributed by atoms with Gasteiger partial charge in [0, 0.05) is 33.0 Å². The Bertz CT molecular complexity index is 586. The van der Waals surface area contributed by atoms with Gasteiger partial charge in [-0.15, -0.1) is 0 Å². The molecule has 1 aliphatic heterocycles. The Morgan fingerprint density at radius 3 is 2.50 bits per heavy atom. The standard InChI is InChI=1S/C12H14Br3NO3S/c13-8-12(3-5-19-6-4-12)16-20(17,18)11-7-9(14)1-2-10(11)15/h1-2,7,16H,3-6,8H2. The zero-order valence-corrected chi connectivity index (χ0v) is 16.1. The number of alkyl halides is 1. The van der Waals surface area contributed by atoms with E-state index in [-0.39, 0.29) is 4.90 Å². The molecule has 8 heteroatoms. The fourth-order valence-corrected chi connectivity index (χ4v) is 5.90. The number of ether oxygens (including phenoxy) is 1. The van der Waals surface area contributed by atoms with Gasteiger partial charge < -0.3 is 4.74 Å². The molecule has 0 radical (unpaired) electrons. The number of nitrogens with one attached hydrogen (secondary N) is 1. The Morgan fingerprint density at radius 1 is 1.25 bits per heavy atom. The van der Waals surface area contributed by atoms with Gasteiger partial charge in [0.25, 0.3) is 0 Å². The molecule has 1 saturated heterocycles. The summed E-state index contributed by atoms with van der Waals surface area (Å²) in [7, 11) is -3.60. The van der Waals surface area contributed by atoms with Crippen molar-refractivity contribution in [1.82, 2.24) is 4.72 Å². The molecule has 4 nitrogen and oxygen atoms in total. The van der Waals surface area contributed by atoms with Gasteiger partial charge in [-0.3, -0.25) is 0 Å². The molecule has 1 fully saturated rings. The van der Waals surface area contributed by atoms with Crippen LogP contribution in [0.3, 0.4) is 0 Å². The number of hydrogen-bond acceptors (Lipinski definition) is 3. The van der Waals surface area contributed by atoms with Crippen molar-refractivity contribution in [3.05, 3.63) is 27.1 Å². The highest BCUT2D eigenvalue weighted by Crippen LogP contribution is 2.30. The largest absolute Gasteiger partial charge is 0.381 e. The van der Waals surface area contributed by atoms with E-state index in [1.165, 1.54) is 0 Å². The monoisotopic (exact) mass is 489 g/mol.